The van der Waals surface area contributed by atoms with Gasteiger partial charge in [0.15, 0.2) is 0 Å². The fourth-order valence-electron chi connectivity index (χ4n) is 2.81. The molecule has 0 saturated heterocycles. The minimum Gasteiger partial charge on any atom is -0.398 e. The maximum Gasteiger partial charge on any atom is 0.243 e. The number of anilines is 1. The maximum absolute atomic E-state index is 14.0. The number of benzene rings is 1. The standard InChI is InChI=1S/C15H23FN2O2S/c1-10-6-4-3-5-7-14(10)18-21(19,20)15-9-13(17)11(2)8-12(15)16/h8-10,14,18H,3-7,17H2,1-2H3. The molecule has 1 fully saturated rings. The zero-order valence-corrected chi connectivity index (χ0v) is 13.3. The lowest BCUT2D eigenvalue weighted by atomic mass is 9.98. The van der Waals surface area contributed by atoms with Crippen molar-refractivity contribution in [3.05, 3.63) is 23.5 Å². The number of sulfonamides is 1. The molecule has 6 heteroatoms. The van der Waals surface area contributed by atoms with Gasteiger partial charge in [-0.15, -0.1) is 0 Å². The predicted octanol–water partition coefficient (Wildman–Crippen LogP) is 2.96. The molecule has 21 heavy (non-hydrogen) atoms. The minimum atomic E-state index is -3.88. The molecule has 4 nitrogen and oxygen atoms in total. The van der Waals surface area contributed by atoms with Gasteiger partial charge in [0.1, 0.15) is 10.7 Å². The Kier molecular flexibility index (Phi) is 4.88. The lowest BCUT2D eigenvalue weighted by molar-refractivity contribution is 0.398. The van der Waals surface area contributed by atoms with Gasteiger partial charge in [0.05, 0.1) is 0 Å². The largest absolute Gasteiger partial charge is 0.398 e. The van der Waals surface area contributed by atoms with Crippen LogP contribution in [-0.4, -0.2) is 14.5 Å². The normalized spacial score (nSPS) is 23.8. The van der Waals surface area contributed by atoms with Crippen LogP contribution in [0, 0.1) is 18.7 Å². The van der Waals surface area contributed by atoms with Crippen LogP contribution >= 0.6 is 0 Å². The number of nitrogens with two attached hydrogens (primary N) is 1. The van der Waals surface area contributed by atoms with Crippen molar-refractivity contribution < 1.29 is 12.8 Å². The van der Waals surface area contributed by atoms with Gasteiger partial charge in [0, 0.05) is 11.7 Å². The second kappa shape index (κ2) is 6.32. The fourth-order valence-corrected chi connectivity index (χ4v) is 4.28. The van der Waals surface area contributed by atoms with Crippen molar-refractivity contribution in [3.63, 3.8) is 0 Å². The second-order valence-electron chi connectivity index (χ2n) is 5.98. The summed E-state index contributed by atoms with van der Waals surface area (Å²) in [5.41, 5.74) is 6.53. The summed E-state index contributed by atoms with van der Waals surface area (Å²) in [4.78, 5) is -0.359. The van der Waals surface area contributed by atoms with E-state index in [1.165, 1.54) is 12.1 Å². The Morgan fingerprint density at radius 3 is 2.62 bits per heavy atom. The van der Waals surface area contributed by atoms with Crippen molar-refractivity contribution in [3.8, 4) is 0 Å². The Labute approximate surface area is 126 Å². The Hall–Kier alpha value is -1.14. The molecule has 1 saturated carbocycles. The maximum atomic E-state index is 14.0. The molecule has 2 unspecified atom stereocenters. The van der Waals surface area contributed by atoms with E-state index in [0.29, 0.717) is 5.56 Å². The van der Waals surface area contributed by atoms with Gasteiger partial charge >= 0.3 is 0 Å². The Bertz CT molecular complexity index is 616. The summed E-state index contributed by atoms with van der Waals surface area (Å²) in [6.07, 6.45) is 5.02. The second-order valence-corrected chi connectivity index (χ2v) is 7.66. The van der Waals surface area contributed by atoms with E-state index < -0.39 is 15.8 Å². The van der Waals surface area contributed by atoms with Crippen LogP contribution in [0.5, 0.6) is 0 Å². The summed E-state index contributed by atoms with van der Waals surface area (Å²) in [7, 11) is -3.88. The van der Waals surface area contributed by atoms with Crippen LogP contribution in [0.15, 0.2) is 17.0 Å². The first kappa shape index (κ1) is 16.2. The zero-order chi connectivity index (χ0) is 15.6. The summed E-state index contributed by atoms with van der Waals surface area (Å²) in [5.74, 6) is -0.497. The third kappa shape index (κ3) is 3.74. The van der Waals surface area contributed by atoms with E-state index in [2.05, 4.69) is 4.72 Å². The summed E-state index contributed by atoms with van der Waals surface area (Å²) < 4.78 is 41.5. The lowest BCUT2D eigenvalue weighted by Gasteiger charge is -2.23. The molecule has 2 rings (SSSR count). The molecule has 0 radical (unpaired) electrons. The quantitative estimate of drug-likeness (QED) is 0.665. The van der Waals surface area contributed by atoms with Crippen molar-refractivity contribution in [2.24, 2.45) is 5.92 Å². The van der Waals surface area contributed by atoms with Crippen molar-refractivity contribution in [2.45, 2.75) is 56.9 Å². The Morgan fingerprint density at radius 2 is 1.90 bits per heavy atom. The van der Waals surface area contributed by atoms with Crippen LogP contribution in [0.1, 0.15) is 44.6 Å². The molecular weight excluding hydrogens is 291 g/mol. The van der Waals surface area contributed by atoms with Gasteiger partial charge in [0.2, 0.25) is 10.0 Å². The van der Waals surface area contributed by atoms with E-state index in [9.17, 15) is 12.8 Å². The number of nitrogens with one attached hydrogen (secondary N) is 1. The molecule has 0 heterocycles. The smallest absolute Gasteiger partial charge is 0.243 e. The molecule has 0 bridgehead atoms. The van der Waals surface area contributed by atoms with E-state index in [4.69, 9.17) is 5.73 Å². The van der Waals surface area contributed by atoms with E-state index in [1.54, 1.807) is 6.92 Å². The van der Waals surface area contributed by atoms with Gasteiger partial charge in [-0.3, -0.25) is 0 Å². The molecule has 0 aromatic heterocycles. The van der Waals surface area contributed by atoms with E-state index in [0.717, 1.165) is 32.1 Å². The monoisotopic (exact) mass is 314 g/mol. The van der Waals surface area contributed by atoms with Gasteiger partial charge in [-0.2, -0.15) is 0 Å². The number of hydrogen-bond acceptors (Lipinski definition) is 3. The summed E-state index contributed by atoms with van der Waals surface area (Å²) in [6, 6.07) is 2.23. The first-order valence-corrected chi connectivity index (χ1v) is 8.87. The molecule has 0 aliphatic heterocycles. The van der Waals surface area contributed by atoms with Crippen molar-refractivity contribution in [2.75, 3.05) is 5.73 Å². The Balaban J connectivity index is 2.27. The SMILES string of the molecule is Cc1cc(F)c(S(=O)(=O)NC2CCCCCC2C)cc1N. The number of rotatable bonds is 3. The van der Waals surface area contributed by atoms with Gasteiger partial charge < -0.3 is 5.73 Å². The van der Waals surface area contributed by atoms with Crippen LogP contribution in [0.3, 0.4) is 0 Å². The molecule has 118 valence electrons. The Morgan fingerprint density at radius 1 is 1.24 bits per heavy atom. The van der Waals surface area contributed by atoms with Crippen molar-refractivity contribution in [1.29, 1.82) is 0 Å². The first-order valence-electron chi connectivity index (χ1n) is 7.39. The molecule has 2 atom stereocenters. The van der Waals surface area contributed by atoms with Crippen molar-refractivity contribution in [1.82, 2.24) is 4.72 Å². The molecule has 1 aromatic rings. The molecule has 0 amide bonds. The summed E-state index contributed by atoms with van der Waals surface area (Å²) in [6.45, 7) is 3.69. The zero-order valence-electron chi connectivity index (χ0n) is 12.5. The van der Waals surface area contributed by atoms with Crippen LogP contribution < -0.4 is 10.5 Å². The average Bonchev–Trinajstić information content (AvgIpc) is 2.59. The molecule has 1 aliphatic carbocycles. The molecular formula is C15H23FN2O2S. The van der Waals surface area contributed by atoms with Gasteiger partial charge in [0.25, 0.3) is 0 Å². The summed E-state index contributed by atoms with van der Waals surface area (Å²) >= 11 is 0. The third-order valence-electron chi connectivity index (χ3n) is 4.28. The van der Waals surface area contributed by atoms with Crippen LogP contribution in [0.25, 0.3) is 0 Å². The first-order chi connectivity index (χ1) is 9.81. The van der Waals surface area contributed by atoms with E-state index in [1.807, 2.05) is 6.92 Å². The minimum absolute atomic E-state index is 0.139. The van der Waals surface area contributed by atoms with Crippen LogP contribution in [-0.2, 0) is 10.0 Å². The van der Waals surface area contributed by atoms with Crippen molar-refractivity contribution >= 4 is 15.7 Å². The molecule has 1 aromatic carbocycles. The third-order valence-corrected chi connectivity index (χ3v) is 5.78. The topological polar surface area (TPSA) is 72.2 Å². The highest BCUT2D eigenvalue weighted by Gasteiger charge is 2.28. The van der Waals surface area contributed by atoms with Gasteiger partial charge in [-0.25, -0.2) is 17.5 Å². The van der Waals surface area contributed by atoms with E-state index in [-0.39, 0.29) is 22.5 Å². The fraction of sp³-hybridized carbons (Fsp3) is 0.600. The van der Waals surface area contributed by atoms with Crippen LogP contribution in [0.2, 0.25) is 0 Å². The molecule has 3 N–H and O–H groups in total. The molecule has 0 spiro atoms. The summed E-state index contributed by atoms with van der Waals surface area (Å²) in [5, 5.41) is 0. The average molecular weight is 314 g/mol. The highest BCUT2D eigenvalue weighted by atomic mass is 32.2. The number of nitrogen functional groups attached to an aromatic ring is 1. The number of halogens is 1. The van der Waals surface area contributed by atoms with Gasteiger partial charge in [-0.05, 0) is 43.4 Å². The highest BCUT2D eigenvalue weighted by Crippen LogP contribution is 2.26. The van der Waals surface area contributed by atoms with E-state index >= 15 is 0 Å². The number of aryl methyl sites for hydroxylation is 1. The molecule has 1 aliphatic rings. The van der Waals surface area contributed by atoms with Crippen LogP contribution in [0.4, 0.5) is 10.1 Å². The highest BCUT2D eigenvalue weighted by molar-refractivity contribution is 7.89. The van der Waals surface area contributed by atoms with Gasteiger partial charge in [-0.1, -0.05) is 26.2 Å². The predicted molar refractivity (Wildman–Crippen MR) is 81.9 cm³/mol. The lowest BCUT2D eigenvalue weighted by Crippen LogP contribution is -2.39. The number of hydrogen-bond donors (Lipinski definition) is 2.